The molecule has 1 fully saturated rings. The van der Waals surface area contributed by atoms with E-state index in [1.165, 1.54) is 0 Å². The van der Waals surface area contributed by atoms with Gasteiger partial charge in [-0.2, -0.15) is 0 Å². The predicted molar refractivity (Wildman–Crippen MR) is 50.5 cm³/mol. The highest BCUT2D eigenvalue weighted by Gasteiger charge is 2.32. The number of nitrogens with two attached hydrogens (primary N) is 1. The maximum atomic E-state index is 11.5. The third-order valence-electron chi connectivity index (χ3n) is 1.92. The predicted octanol–water partition coefficient (Wildman–Crippen LogP) is 0.383. The van der Waals surface area contributed by atoms with Crippen molar-refractivity contribution in [2.75, 3.05) is 0 Å². The summed E-state index contributed by atoms with van der Waals surface area (Å²) in [5.74, 6) is -0.0145. The Hall–Kier alpha value is -0.790. The topological polar surface area (TPSA) is 90.1 Å². The normalized spacial score (nSPS) is 16.9. The van der Waals surface area contributed by atoms with Crippen molar-refractivity contribution in [2.45, 2.75) is 17.1 Å². The van der Waals surface area contributed by atoms with E-state index in [9.17, 15) is 13.2 Å². The third kappa shape index (κ3) is 1.84. The molecule has 1 heterocycles. The van der Waals surface area contributed by atoms with Crippen LogP contribution in [0, 0.1) is 5.92 Å². The van der Waals surface area contributed by atoms with Crippen LogP contribution in [0.2, 0.25) is 0 Å². The highest BCUT2D eigenvalue weighted by molar-refractivity contribution is 7.91. The summed E-state index contributed by atoms with van der Waals surface area (Å²) < 4.78 is 21.7. The van der Waals surface area contributed by atoms with Gasteiger partial charge in [0.25, 0.3) is 0 Å². The van der Waals surface area contributed by atoms with E-state index in [0.717, 1.165) is 30.4 Å². The fraction of sp³-hybridized carbons (Fsp3) is 0.429. The number of aromatic nitrogens is 1. The Bertz CT molecular complexity index is 473. The summed E-state index contributed by atoms with van der Waals surface area (Å²) in [4.78, 5) is 15.2. The average molecular weight is 232 g/mol. The molecule has 14 heavy (non-hydrogen) atoms. The zero-order valence-electron chi connectivity index (χ0n) is 7.13. The largest absolute Gasteiger partial charge is 0.291 e. The van der Waals surface area contributed by atoms with E-state index in [4.69, 9.17) is 5.14 Å². The highest BCUT2D eigenvalue weighted by atomic mass is 32.2. The molecule has 0 amide bonds. The van der Waals surface area contributed by atoms with Crippen molar-refractivity contribution < 1.29 is 13.2 Å². The van der Waals surface area contributed by atoms with E-state index in [1.54, 1.807) is 0 Å². The number of nitrogens with zero attached hydrogens (tertiary/aromatic N) is 1. The van der Waals surface area contributed by atoms with Gasteiger partial charge in [0, 0.05) is 5.92 Å². The molecular weight excluding hydrogens is 224 g/mol. The van der Waals surface area contributed by atoms with Crippen LogP contribution in [-0.4, -0.2) is 19.2 Å². The van der Waals surface area contributed by atoms with Crippen LogP contribution < -0.4 is 5.14 Å². The van der Waals surface area contributed by atoms with Gasteiger partial charge in [0.1, 0.15) is 0 Å². The maximum Gasteiger partial charge on any atom is 0.249 e. The zero-order valence-corrected chi connectivity index (χ0v) is 8.77. The molecule has 1 aliphatic rings. The molecule has 2 rings (SSSR count). The lowest BCUT2D eigenvalue weighted by Crippen LogP contribution is -2.10. The first kappa shape index (κ1) is 9.75. The second-order valence-electron chi connectivity index (χ2n) is 3.17. The first-order valence-electron chi connectivity index (χ1n) is 4.01. The Labute approximate surface area is 85.0 Å². The summed E-state index contributed by atoms with van der Waals surface area (Å²) in [6, 6.07) is 0. The molecule has 76 valence electrons. The summed E-state index contributed by atoms with van der Waals surface area (Å²) in [5.41, 5.74) is 0. The van der Waals surface area contributed by atoms with Gasteiger partial charge in [0.2, 0.25) is 10.0 Å². The lowest BCUT2D eigenvalue weighted by atomic mass is 10.3. The Morgan fingerprint density at radius 3 is 2.64 bits per heavy atom. The molecule has 1 aliphatic carbocycles. The summed E-state index contributed by atoms with van der Waals surface area (Å²) >= 11 is 0.843. The van der Waals surface area contributed by atoms with Crippen LogP contribution in [0.4, 0.5) is 0 Å². The molecule has 1 saturated carbocycles. The van der Waals surface area contributed by atoms with Crippen molar-refractivity contribution in [3.05, 3.63) is 11.2 Å². The Morgan fingerprint density at radius 2 is 2.21 bits per heavy atom. The third-order valence-corrected chi connectivity index (χ3v) is 4.34. The van der Waals surface area contributed by atoms with Crippen LogP contribution in [0.5, 0.6) is 0 Å². The van der Waals surface area contributed by atoms with Gasteiger partial charge in [0.15, 0.2) is 15.0 Å². The number of carbonyl (C=O) groups excluding carboxylic acids is 1. The van der Waals surface area contributed by atoms with Gasteiger partial charge in [-0.25, -0.2) is 18.5 Å². The molecule has 2 N–H and O–H groups in total. The van der Waals surface area contributed by atoms with Crippen LogP contribution in [0.3, 0.4) is 0 Å². The molecule has 0 unspecified atom stereocenters. The van der Waals surface area contributed by atoms with Gasteiger partial charge >= 0.3 is 0 Å². The van der Waals surface area contributed by atoms with E-state index in [-0.39, 0.29) is 20.9 Å². The minimum absolute atomic E-state index is 0.0504. The summed E-state index contributed by atoms with van der Waals surface area (Å²) in [7, 11) is -3.72. The van der Waals surface area contributed by atoms with Gasteiger partial charge < -0.3 is 0 Å². The zero-order chi connectivity index (χ0) is 10.3. The fourth-order valence-electron chi connectivity index (χ4n) is 1.02. The first-order valence-corrected chi connectivity index (χ1v) is 6.37. The van der Waals surface area contributed by atoms with Crippen molar-refractivity contribution in [3.8, 4) is 0 Å². The fourth-order valence-corrected chi connectivity index (χ4v) is 2.59. The molecule has 5 nitrogen and oxygen atoms in total. The van der Waals surface area contributed by atoms with Crippen LogP contribution in [0.25, 0.3) is 0 Å². The van der Waals surface area contributed by atoms with E-state index in [1.807, 2.05) is 0 Å². The molecule has 0 atom stereocenters. The Kier molecular flexibility index (Phi) is 2.17. The van der Waals surface area contributed by atoms with E-state index >= 15 is 0 Å². The molecule has 0 bridgehead atoms. The number of rotatable bonds is 3. The number of carbonyl (C=O) groups is 1. The molecule has 0 spiro atoms. The lowest BCUT2D eigenvalue weighted by Gasteiger charge is -1.89. The number of Topliss-reactive ketones (excluding diaryl/α,β-unsaturated/α-hetero) is 1. The molecule has 0 aromatic carbocycles. The van der Waals surface area contributed by atoms with Crippen LogP contribution in [0.1, 0.15) is 22.6 Å². The molecule has 0 aliphatic heterocycles. The van der Waals surface area contributed by atoms with Crippen molar-refractivity contribution >= 4 is 27.1 Å². The summed E-state index contributed by atoms with van der Waals surface area (Å²) in [6.45, 7) is 0. The van der Waals surface area contributed by atoms with Crippen molar-refractivity contribution in [3.63, 3.8) is 0 Å². The number of sulfonamides is 1. The first-order chi connectivity index (χ1) is 6.48. The highest BCUT2D eigenvalue weighted by Crippen LogP contribution is 2.34. The summed E-state index contributed by atoms with van der Waals surface area (Å²) in [6.07, 6.45) is 2.89. The molecule has 7 heteroatoms. The molecule has 1 aromatic heterocycles. The number of hydrogen-bond acceptors (Lipinski definition) is 5. The Morgan fingerprint density at radius 1 is 1.57 bits per heavy atom. The number of primary sulfonamides is 1. The van der Waals surface area contributed by atoms with E-state index in [0.29, 0.717) is 0 Å². The van der Waals surface area contributed by atoms with Gasteiger partial charge in [-0.05, 0) is 12.8 Å². The number of hydrogen-bond donors (Lipinski definition) is 1. The van der Waals surface area contributed by atoms with Gasteiger partial charge in [-0.1, -0.05) is 11.3 Å². The van der Waals surface area contributed by atoms with Crippen LogP contribution in [0.15, 0.2) is 10.4 Å². The Balaban J connectivity index is 2.29. The average Bonchev–Trinajstić information content (AvgIpc) is 2.79. The van der Waals surface area contributed by atoms with Crippen molar-refractivity contribution in [1.82, 2.24) is 4.98 Å². The quantitative estimate of drug-likeness (QED) is 0.763. The number of ketones is 1. The lowest BCUT2D eigenvalue weighted by molar-refractivity contribution is 0.0967. The van der Waals surface area contributed by atoms with Crippen LogP contribution >= 0.6 is 11.3 Å². The van der Waals surface area contributed by atoms with Crippen LogP contribution in [-0.2, 0) is 10.0 Å². The van der Waals surface area contributed by atoms with Gasteiger partial charge in [-0.3, -0.25) is 4.79 Å². The van der Waals surface area contributed by atoms with Gasteiger partial charge in [-0.15, -0.1) is 0 Å². The maximum absolute atomic E-state index is 11.5. The molecule has 0 radical (unpaired) electrons. The SMILES string of the molecule is NS(=O)(=O)c1cnc(C(=O)C2CC2)s1. The minimum atomic E-state index is -3.72. The molecule has 1 aromatic rings. The smallest absolute Gasteiger partial charge is 0.249 e. The standard InChI is InChI=1S/C7H8N2O3S2/c8-14(11,12)5-3-9-7(13-5)6(10)4-1-2-4/h3-4H,1-2H2,(H2,8,11,12). The molecule has 0 saturated heterocycles. The monoisotopic (exact) mass is 232 g/mol. The second-order valence-corrected chi connectivity index (χ2v) is 5.99. The number of thiazole rings is 1. The second kappa shape index (κ2) is 3.11. The summed E-state index contributed by atoms with van der Waals surface area (Å²) in [5, 5.41) is 5.14. The van der Waals surface area contributed by atoms with Crippen molar-refractivity contribution in [1.29, 1.82) is 0 Å². The van der Waals surface area contributed by atoms with E-state index < -0.39 is 10.0 Å². The van der Waals surface area contributed by atoms with Gasteiger partial charge in [0.05, 0.1) is 6.20 Å². The minimum Gasteiger partial charge on any atom is -0.291 e. The van der Waals surface area contributed by atoms with E-state index in [2.05, 4.69) is 4.98 Å². The molecular formula is C7H8N2O3S2. The van der Waals surface area contributed by atoms with Crippen molar-refractivity contribution in [2.24, 2.45) is 11.1 Å².